The largest absolute Gasteiger partial charge is 0.459 e. The van der Waals surface area contributed by atoms with Crippen LogP contribution in [0.3, 0.4) is 0 Å². The number of fused-ring (bicyclic) bond motifs is 1. The molecule has 0 unspecified atom stereocenters. The summed E-state index contributed by atoms with van der Waals surface area (Å²) in [6.07, 6.45) is 2.44. The van der Waals surface area contributed by atoms with Crippen molar-refractivity contribution in [2.75, 3.05) is 32.8 Å². The lowest BCUT2D eigenvalue weighted by Crippen LogP contribution is -2.53. The summed E-state index contributed by atoms with van der Waals surface area (Å²) in [7, 11) is 0. The van der Waals surface area contributed by atoms with Gasteiger partial charge in [-0.1, -0.05) is 0 Å². The first kappa shape index (κ1) is 12.9. The van der Waals surface area contributed by atoms with E-state index in [4.69, 9.17) is 9.15 Å². The molecule has 1 aromatic heterocycles. The summed E-state index contributed by atoms with van der Waals surface area (Å²) in [4.78, 5) is 28.7. The van der Waals surface area contributed by atoms with Crippen molar-refractivity contribution in [3.05, 3.63) is 24.2 Å². The third-order valence-corrected chi connectivity index (χ3v) is 4.90. The molecule has 6 heteroatoms. The van der Waals surface area contributed by atoms with Gasteiger partial charge in [0, 0.05) is 25.7 Å². The Hall–Kier alpha value is -1.82. The number of carbonyl (C=O) groups is 2. The predicted octanol–water partition coefficient (Wildman–Crippen LogP) is 0.599. The second-order valence-electron chi connectivity index (χ2n) is 5.96. The van der Waals surface area contributed by atoms with Crippen LogP contribution in [0.4, 0.5) is 0 Å². The fourth-order valence-electron chi connectivity index (χ4n) is 3.76. The van der Waals surface area contributed by atoms with Gasteiger partial charge >= 0.3 is 0 Å². The van der Waals surface area contributed by atoms with Crippen molar-refractivity contribution in [2.45, 2.75) is 12.5 Å². The number of ether oxygens (including phenoxy) is 1. The van der Waals surface area contributed by atoms with Gasteiger partial charge in [0.05, 0.1) is 25.4 Å². The van der Waals surface area contributed by atoms with Gasteiger partial charge in [-0.25, -0.2) is 0 Å². The Balaban J connectivity index is 1.46. The average molecular weight is 290 g/mol. The van der Waals surface area contributed by atoms with Gasteiger partial charge in [0.25, 0.3) is 5.91 Å². The van der Waals surface area contributed by atoms with Crippen LogP contribution in [0.15, 0.2) is 22.8 Å². The molecule has 0 aromatic carbocycles. The molecule has 3 aliphatic heterocycles. The average Bonchev–Trinajstić information content (AvgIpc) is 3.22. The number of hydrogen-bond acceptors (Lipinski definition) is 4. The summed E-state index contributed by atoms with van der Waals surface area (Å²) >= 11 is 0. The molecule has 5 rings (SSSR count). The van der Waals surface area contributed by atoms with Crippen LogP contribution in [0.5, 0.6) is 0 Å². The van der Waals surface area contributed by atoms with Crippen molar-refractivity contribution in [2.24, 2.45) is 11.8 Å². The monoisotopic (exact) mass is 290 g/mol. The van der Waals surface area contributed by atoms with E-state index in [2.05, 4.69) is 0 Å². The van der Waals surface area contributed by atoms with E-state index in [-0.39, 0.29) is 23.8 Å². The lowest BCUT2D eigenvalue weighted by Gasteiger charge is -2.39. The number of morpholine rings is 1. The van der Waals surface area contributed by atoms with Gasteiger partial charge in [-0.15, -0.1) is 0 Å². The van der Waals surface area contributed by atoms with Crippen molar-refractivity contribution in [3.8, 4) is 0 Å². The second kappa shape index (κ2) is 4.87. The minimum absolute atomic E-state index is 0.0259. The lowest BCUT2D eigenvalue weighted by atomic mass is 9.73. The van der Waals surface area contributed by atoms with E-state index >= 15 is 0 Å². The summed E-state index contributed by atoms with van der Waals surface area (Å²) in [5.41, 5.74) is 0. The van der Waals surface area contributed by atoms with Gasteiger partial charge in [-0.05, 0) is 24.5 Å². The molecule has 6 nitrogen and oxygen atoms in total. The zero-order valence-corrected chi connectivity index (χ0v) is 11.7. The Labute approximate surface area is 122 Å². The van der Waals surface area contributed by atoms with E-state index in [1.807, 2.05) is 9.80 Å². The molecule has 112 valence electrons. The molecule has 1 aliphatic carbocycles. The van der Waals surface area contributed by atoms with Gasteiger partial charge in [0.1, 0.15) is 0 Å². The van der Waals surface area contributed by atoms with Crippen LogP contribution < -0.4 is 0 Å². The summed E-state index contributed by atoms with van der Waals surface area (Å²) in [5, 5.41) is 0. The fourth-order valence-corrected chi connectivity index (χ4v) is 3.76. The molecule has 0 spiro atoms. The zero-order chi connectivity index (χ0) is 14.4. The zero-order valence-electron chi connectivity index (χ0n) is 11.7. The third kappa shape index (κ3) is 1.97. The smallest absolute Gasteiger partial charge is 0.289 e. The maximum absolute atomic E-state index is 12.6. The molecule has 3 atom stereocenters. The molecular weight excluding hydrogens is 272 g/mol. The molecule has 0 N–H and O–H groups in total. The van der Waals surface area contributed by atoms with Gasteiger partial charge in [-0.2, -0.15) is 0 Å². The first-order valence-corrected chi connectivity index (χ1v) is 7.46. The Morgan fingerprint density at radius 2 is 2.05 bits per heavy atom. The topological polar surface area (TPSA) is 63.0 Å². The maximum Gasteiger partial charge on any atom is 0.289 e. The molecule has 1 aromatic rings. The number of nitrogens with zero attached hydrogens (tertiary/aromatic N) is 2. The number of rotatable bonds is 2. The van der Waals surface area contributed by atoms with E-state index in [0.29, 0.717) is 44.5 Å². The van der Waals surface area contributed by atoms with Crippen LogP contribution in [0.2, 0.25) is 0 Å². The molecule has 1 saturated carbocycles. The predicted molar refractivity (Wildman–Crippen MR) is 72.5 cm³/mol. The van der Waals surface area contributed by atoms with Crippen LogP contribution in [0.1, 0.15) is 17.0 Å². The summed E-state index contributed by atoms with van der Waals surface area (Å²) in [5.74, 6) is 0.741. The molecule has 2 amide bonds. The van der Waals surface area contributed by atoms with Crippen molar-refractivity contribution in [1.82, 2.24) is 9.80 Å². The quantitative estimate of drug-likeness (QED) is 0.800. The van der Waals surface area contributed by atoms with Crippen molar-refractivity contribution in [3.63, 3.8) is 0 Å². The van der Waals surface area contributed by atoms with Crippen LogP contribution in [-0.2, 0) is 9.53 Å². The fraction of sp³-hybridized carbons (Fsp3) is 0.600. The van der Waals surface area contributed by atoms with Crippen LogP contribution >= 0.6 is 0 Å². The summed E-state index contributed by atoms with van der Waals surface area (Å²) in [6, 6.07) is 3.43. The molecule has 3 saturated heterocycles. The Kier molecular flexibility index (Phi) is 2.99. The molecule has 2 bridgehead atoms. The molecule has 4 aliphatic rings. The standard InChI is InChI=1S/C15H18N2O4/c18-14(12-2-1-5-21-12)17-9-10-8-11(17)13(10)15(19)16-3-6-20-7-4-16/h1-2,5,10-11,13H,3-4,6-9H2/t10-,11-,13-/m1/s1. The van der Waals surface area contributed by atoms with Gasteiger partial charge in [0.15, 0.2) is 5.76 Å². The Bertz CT molecular complexity index is 550. The van der Waals surface area contributed by atoms with Crippen LogP contribution in [-0.4, -0.2) is 60.5 Å². The highest BCUT2D eigenvalue weighted by Gasteiger charge is 2.57. The number of hydrogen-bond donors (Lipinski definition) is 0. The Morgan fingerprint density at radius 1 is 1.24 bits per heavy atom. The van der Waals surface area contributed by atoms with E-state index in [9.17, 15) is 9.59 Å². The van der Waals surface area contributed by atoms with Gasteiger partial charge in [0.2, 0.25) is 5.91 Å². The summed E-state index contributed by atoms with van der Waals surface area (Å²) < 4.78 is 10.5. The highest BCUT2D eigenvalue weighted by Crippen LogP contribution is 2.47. The molecule has 21 heavy (non-hydrogen) atoms. The van der Waals surface area contributed by atoms with Crippen LogP contribution in [0.25, 0.3) is 0 Å². The Morgan fingerprint density at radius 3 is 2.76 bits per heavy atom. The first-order chi connectivity index (χ1) is 10.3. The van der Waals surface area contributed by atoms with Crippen molar-refractivity contribution < 1.29 is 18.7 Å². The molecule has 4 fully saturated rings. The van der Waals surface area contributed by atoms with Crippen LogP contribution in [0, 0.1) is 11.8 Å². The SMILES string of the molecule is O=C([C@@H]1[C@@H]2C[C@H]1N(C(=O)c1ccco1)C2)N1CCOCC1. The first-order valence-electron chi connectivity index (χ1n) is 7.46. The van der Waals surface area contributed by atoms with Gasteiger partial charge in [-0.3, -0.25) is 9.59 Å². The molecule has 4 heterocycles. The molecule has 0 radical (unpaired) electrons. The highest BCUT2D eigenvalue weighted by molar-refractivity contribution is 5.93. The minimum Gasteiger partial charge on any atom is -0.459 e. The van der Waals surface area contributed by atoms with E-state index in [1.165, 1.54) is 6.26 Å². The van der Waals surface area contributed by atoms with Gasteiger partial charge < -0.3 is 19.0 Å². The third-order valence-electron chi connectivity index (χ3n) is 4.90. The van der Waals surface area contributed by atoms with Crippen molar-refractivity contribution in [1.29, 1.82) is 0 Å². The molecular formula is C15H18N2O4. The minimum atomic E-state index is -0.0928. The second-order valence-corrected chi connectivity index (χ2v) is 5.96. The normalized spacial score (nSPS) is 31.1. The number of amides is 2. The lowest BCUT2D eigenvalue weighted by molar-refractivity contribution is -0.144. The van der Waals surface area contributed by atoms with Crippen molar-refractivity contribution >= 4 is 11.8 Å². The highest BCUT2D eigenvalue weighted by atomic mass is 16.5. The number of furan rings is 1. The maximum atomic E-state index is 12.6. The summed E-state index contributed by atoms with van der Waals surface area (Å²) in [6.45, 7) is 3.23. The van der Waals surface area contributed by atoms with E-state index in [1.54, 1.807) is 12.1 Å². The van der Waals surface area contributed by atoms with E-state index in [0.717, 1.165) is 6.42 Å². The number of carbonyl (C=O) groups excluding carboxylic acids is 2. The van der Waals surface area contributed by atoms with E-state index < -0.39 is 0 Å².